The number of nitrogens with zero attached hydrogens (tertiary/aromatic N) is 3. The van der Waals surface area contributed by atoms with Crippen molar-refractivity contribution >= 4 is 5.91 Å². The first-order valence-corrected chi connectivity index (χ1v) is 8.55. The predicted molar refractivity (Wildman–Crippen MR) is 89.7 cm³/mol. The quantitative estimate of drug-likeness (QED) is 0.914. The SMILES string of the molecule is Cc1c(C(=O)N2CCCC2CC(O)c2ccco2)cnn1C(C)C. The number of amides is 1. The number of carbonyl (C=O) groups excluding carboxylic acids is 1. The van der Waals surface area contributed by atoms with E-state index in [9.17, 15) is 9.90 Å². The van der Waals surface area contributed by atoms with Gasteiger partial charge in [-0.15, -0.1) is 0 Å². The van der Waals surface area contributed by atoms with Crippen LogP contribution in [0.15, 0.2) is 29.0 Å². The van der Waals surface area contributed by atoms with E-state index >= 15 is 0 Å². The first-order chi connectivity index (χ1) is 11.5. The largest absolute Gasteiger partial charge is 0.467 e. The fourth-order valence-corrected chi connectivity index (χ4v) is 3.51. The minimum absolute atomic E-state index is 0.00791. The molecule has 2 unspecified atom stereocenters. The molecule has 1 amide bonds. The Kier molecular flexibility index (Phi) is 4.76. The van der Waals surface area contributed by atoms with E-state index in [-0.39, 0.29) is 18.0 Å². The minimum Gasteiger partial charge on any atom is -0.467 e. The van der Waals surface area contributed by atoms with Crippen LogP contribution in [0.4, 0.5) is 0 Å². The Morgan fingerprint density at radius 1 is 1.50 bits per heavy atom. The zero-order chi connectivity index (χ0) is 17.3. The lowest BCUT2D eigenvalue weighted by molar-refractivity contribution is 0.0640. The molecule has 6 nitrogen and oxygen atoms in total. The van der Waals surface area contributed by atoms with Crippen molar-refractivity contribution in [3.8, 4) is 0 Å². The summed E-state index contributed by atoms with van der Waals surface area (Å²) in [6.07, 6.45) is 4.89. The van der Waals surface area contributed by atoms with Crippen molar-refractivity contribution in [1.82, 2.24) is 14.7 Å². The van der Waals surface area contributed by atoms with Crippen molar-refractivity contribution in [3.63, 3.8) is 0 Å². The van der Waals surface area contributed by atoms with Crippen molar-refractivity contribution < 1.29 is 14.3 Å². The summed E-state index contributed by atoms with van der Waals surface area (Å²) >= 11 is 0. The molecule has 2 aromatic heterocycles. The number of aliphatic hydroxyl groups excluding tert-OH is 1. The average Bonchev–Trinajstić information content (AvgIpc) is 3.26. The molecule has 0 radical (unpaired) electrons. The molecule has 1 fully saturated rings. The topological polar surface area (TPSA) is 71.5 Å². The van der Waals surface area contributed by atoms with E-state index in [1.54, 1.807) is 24.6 Å². The summed E-state index contributed by atoms with van der Waals surface area (Å²) in [4.78, 5) is 14.8. The molecule has 1 saturated heterocycles. The van der Waals surface area contributed by atoms with Crippen LogP contribution < -0.4 is 0 Å². The summed E-state index contributed by atoms with van der Waals surface area (Å²) in [6, 6.07) is 3.78. The van der Waals surface area contributed by atoms with Gasteiger partial charge in [0, 0.05) is 30.7 Å². The molecular weight excluding hydrogens is 306 g/mol. The van der Waals surface area contributed by atoms with Crippen LogP contribution in [0.1, 0.15) is 67.1 Å². The monoisotopic (exact) mass is 331 g/mol. The van der Waals surface area contributed by atoms with Gasteiger partial charge in [-0.25, -0.2) is 0 Å². The predicted octanol–water partition coefficient (Wildman–Crippen LogP) is 3.09. The number of hydrogen-bond acceptors (Lipinski definition) is 4. The summed E-state index contributed by atoms with van der Waals surface area (Å²) in [5, 5.41) is 14.7. The maximum absolute atomic E-state index is 12.9. The molecule has 1 N–H and O–H groups in total. The molecule has 2 aromatic rings. The van der Waals surface area contributed by atoms with Crippen LogP contribution in [0.3, 0.4) is 0 Å². The lowest BCUT2D eigenvalue weighted by Gasteiger charge is -2.26. The highest BCUT2D eigenvalue weighted by molar-refractivity contribution is 5.95. The van der Waals surface area contributed by atoms with Gasteiger partial charge in [-0.3, -0.25) is 9.48 Å². The molecule has 130 valence electrons. The number of likely N-dealkylation sites (tertiary alicyclic amines) is 1. The zero-order valence-corrected chi connectivity index (χ0v) is 14.5. The lowest BCUT2D eigenvalue weighted by Crippen LogP contribution is -2.36. The highest BCUT2D eigenvalue weighted by Crippen LogP contribution is 2.29. The van der Waals surface area contributed by atoms with Crippen molar-refractivity contribution in [1.29, 1.82) is 0 Å². The van der Waals surface area contributed by atoms with E-state index in [0.717, 1.165) is 25.1 Å². The first-order valence-electron chi connectivity index (χ1n) is 8.55. The minimum atomic E-state index is -0.683. The molecule has 0 bridgehead atoms. The Morgan fingerprint density at radius 3 is 2.92 bits per heavy atom. The van der Waals surface area contributed by atoms with Crippen LogP contribution in [0.2, 0.25) is 0 Å². The summed E-state index contributed by atoms with van der Waals surface area (Å²) in [5.74, 6) is 0.562. The highest BCUT2D eigenvalue weighted by atomic mass is 16.4. The van der Waals surface area contributed by atoms with Crippen LogP contribution in [-0.2, 0) is 0 Å². The molecule has 1 aliphatic rings. The molecule has 3 heterocycles. The number of aliphatic hydroxyl groups is 1. The van der Waals surface area contributed by atoms with Gasteiger partial charge in [-0.2, -0.15) is 5.10 Å². The molecular formula is C18H25N3O3. The maximum atomic E-state index is 12.9. The highest BCUT2D eigenvalue weighted by Gasteiger charge is 2.33. The molecule has 24 heavy (non-hydrogen) atoms. The Balaban J connectivity index is 1.74. The van der Waals surface area contributed by atoms with E-state index in [0.29, 0.717) is 17.7 Å². The van der Waals surface area contributed by atoms with Crippen LogP contribution in [0, 0.1) is 6.92 Å². The fraction of sp³-hybridized carbons (Fsp3) is 0.556. The number of aromatic nitrogens is 2. The van der Waals surface area contributed by atoms with Crippen LogP contribution in [0.25, 0.3) is 0 Å². The van der Waals surface area contributed by atoms with Crippen molar-refractivity contribution in [3.05, 3.63) is 41.6 Å². The van der Waals surface area contributed by atoms with Gasteiger partial charge in [0.25, 0.3) is 5.91 Å². The number of hydrogen-bond donors (Lipinski definition) is 1. The van der Waals surface area contributed by atoms with Crippen molar-refractivity contribution in [2.45, 2.75) is 58.2 Å². The number of rotatable bonds is 5. The summed E-state index contributed by atoms with van der Waals surface area (Å²) < 4.78 is 7.14. The maximum Gasteiger partial charge on any atom is 0.257 e. The standard InChI is InChI=1S/C18H25N3O3/c1-12(2)21-13(3)15(11-19-21)18(23)20-8-4-6-14(20)10-16(22)17-7-5-9-24-17/h5,7,9,11-12,14,16,22H,4,6,8,10H2,1-3H3. The van der Waals surface area contributed by atoms with Gasteiger partial charge < -0.3 is 14.4 Å². The van der Waals surface area contributed by atoms with E-state index in [4.69, 9.17) is 4.42 Å². The van der Waals surface area contributed by atoms with Gasteiger partial charge in [0.1, 0.15) is 11.9 Å². The summed E-state index contributed by atoms with van der Waals surface area (Å²) in [6.45, 7) is 6.75. The van der Waals surface area contributed by atoms with Crippen LogP contribution in [0.5, 0.6) is 0 Å². The van der Waals surface area contributed by atoms with Gasteiger partial charge >= 0.3 is 0 Å². The van der Waals surface area contributed by atoms with Crippen LogP contribution >= 0.6 is 0 Å². The molecule has 2 atom stereocenters. The third kappa shape index (κ3) is 3.11. The second-order valence-electron chi connectivity index (χ2n) is 6.74. The van der Waals surface area contributed by atoms with Gasteiger partial charge in [0.15, 0.2) is 0 Å². The van der Waals surface area contributed by atoms with Gasteiger partial charge in [-0.1, -0.05) is 0 Å². The molecule has 6 heteroatoms. The average molecular weight is 331 g/mol. The second-order valence-corrected chi connectivity index (χ2v) is 6.74. The molecule has 3 rings (SSSR count). The van der Waals surface area contributed by atoms with Gasteiger partial charge in [-0.05, 0) is 45.7 Å². The molecule has 0 aliphatic carbocycles. The molecule has 0 spiro atoms. The molecule has 1 aliphatic heterocycles. The molecule has 0 saturated carbocycles. The molecule has 0 aromatic carbocycles. The van der Waals surface area contributed by atoms with Crippen molar-refractivity contribution in [2.75, 3.05) is 6.54 Å². The number of furan rings is 1. The fourth-order valence-electron chi connectivity index (χ4n) is 3.51. The Morgan fingerprint density at radius 2 is 2.29 bits per heavy atom. The Labute approximate surface area is 142 Å². The van der Waals surface area contributed by atoms with Gasteiger partial charge in [0.2, 0.25) is 0 Å². The second kappa shape index (κ2) is 6.81. The van der Waals surface area contributed by atoms with E-state index in [2.05, 4.69) is 5.10 Å². The Bertz CT molecular complexity index is 690. The third-order valence-corrected chi connectivity index (χ3v) is 4.77. The number of carbonyl (C=O) groups is 1. The van der Waals surface area contributed by atoms with E-state index < -0.39 is 6.10 Å². The lowest BCUT2D eigenvalue weighted by atomic mass is 10.0. The van der Waals surface area contributed by atoms with Gasteiger partial charge in [0.05, 0.1) is 18.0 Å². The normalized spacial score (nSPS) is 19.2. The summed E-state index contributed by atoms with van der Waals surface area (Å²) in [5.41, 5.74) is 1.55. The first kappa shape index (κ1) is 16.8. The zero-order valence-electron chi connectivity index (χ0n) is 14.5. The Hall–Kier alpha value is -2.08. The summed E-state index contributed by atoms with van der Waals surface area (Å²) in [7, 11) is 0. The van der Waals surface area contributed by atoms with Crippen LogP contribution in [-0.4, -0.2) is 38.3 Å². The smallest absolute Gasteiger partial charge is 0.257 e. The third-order valence-electron chi connectivity index (χ3n) is 4.77. The van der Waals surface area contributed by atoms with E-state index in [1.165, 1.54) is 0 Å². The van der Waals surface area contributed by atoms with E-state index in [1.807, 2.05) is 30.4 Å². The van der Waals surface area contributed by atoms with Crippen molar-refractivity contribution in [2.24, 2.45) is 0 Å².